The molecule has 0 amide bonds. The lowest BCUT2D eigenvalue weighted by atomic mass is 9.95. The number of nitrogens with zero attached hydrogens (tertiary/aromatic N) is 6. The SMILES string of the molecule is CCc1noc([C@@H](C)N2CCC(c3nnc4n3CCC4)CC2)n1. The van der Waals surface area contributed by atoms with Crippen LogP contribution in [-0.2, 0) is 19.4 Å². The number of rotatable bonds is 4. The summed E-state index contributed by atoms with van der Waals surface area (Å²) in [6, 6.07) is 0.188. The van der Waals surface area contributed by atoms with Gasteiger partial charge in [-0.1, -0.05) is 12.1 Å². The van der Waals surface area contributed by atoms with Crippen LogP contribution >= 0.6 is 0 Å². The van der Waals surface area contributed by atoms with Crippen LogP contribution in [0.1, 0.15) is 68.4 Å². The summed E-state index contributed by atoms with van der Waals surface area (Å²) in [5.41, 5.74) is 0. The van der Waals surface area contributed by atoms with Gasteiger partial charge in [-0.25, -0.2) is 0 Å². The molecular formula is C16H24N6O. The van der Waals surface area contributed by atoms with Gasteiger partial charge in [-0.05, 0) is 39.3 Å². The first-order chi connectivity index (χ1) is 11.3. The van der Waals surface area contributed by atoms with Crippen molar-refractivity contribution in [3.63, 3.8) is 0 Å². The van der Waals surface area contributed by atoms with Crippen molar-refractivity contribution in [1.29, 1.82) is 0 Å². The van der Waals surface area contributed by atoms with Crippen LogP contribution in [0.2, 0.25) is 0 Å². The average Bonchev–Trinajstić information content (AvgIpc) is 3.30. The third-order valence-electron chi connectivity index (χ3n) is 5.24. The van der Waals surface area contributed by atoms with Gasteiger partial charge < -0.3 is 9.09 Å². The minimum absolute atomic E-state index is 0.188. The molecule has 7 heteroatoms. The molecule has 2 aliphatic heterocycles. The third-order valence-corrected chi connectivity index (χ3v) is 5.24. The molecule has 0 aliphatic carbocycles. The first-order valence-electron chi connectivity index (χ1n) is 8.74. The molecule has 1 atom stereocenters. The Bertz CT molecular complexity index is 670. The lowest BCUT2D eigenvalue weighted by Gasteiger charge is -2.34. The highest BCUT2D eigenvalue weighted by Crippen LogP contribution is 2.32. The van der Waals surface area contributed by atoms with E-state index < -0.39 is 0 Å². The lowest BCUT2D eigenvalue weighted by Crippen LogP contribution is -2.35. The highest BCUT2D eigenvalue weighted by Gasteiger charge is 2.30. The number of aromatic nitrogens is 5. The molecule has 0 N–H and O–H groups in total. The normalized spacial score (nSPS) is 20.8. The summed E-state index contributed by atoms with van der Waals surface area (Å²) in [5, 5.41) is 12.8. The van der Waals surface area contributed by atoms with Gasteiger partial charge in [-0.2, -0.15) is 4.98 Å². The van der Waals surface area contributed by atoms with Gasteiger partial charge in [-0.3, -0.25) is 4.90 Å². The van der Waals surface area contributed by atoms with E-state index in [4.69, 9.17) is 4.52 Å². The second-order valence-corrected chi connectivity index (χ2v) is 6.62. The first-order valence-corrected chi connectivity index (χ1v) is 8.74. The van der Waals surface area contributed by atoms with Gasteiger partial charge in [0.05, 0.1) is 6.04 Å². The maximum Gasteiger partial charge on any atom is 0.243 e. The minimum atomic E-state index is 0.188. The first kappa shape index (κ1) is 14.8. The van der Waals surface area contributed by atoms with E-state index in [-0.39, 0.29) is 6.04 Å². The van der Waals surface area contributed by atoms with Crippen molar-refractivity contribution in [3.8, 4) is 0 Å². The molecule has 4 rings (SSSR count). The summed E-state index contributed by atoms with van der Waals surface area (Å²) in [6.45, 7) is 7.37. The maximum atomic E-state index is 5.40. The summed E-state index contributed by atoms with van der Waals surface area (Å²) in [4.78, 5) is 6.91. The molecule has 1 fully saturated rings. The van der Waals surface area contributed by atoms with E-state index in [1.54, 1.807) is 0 Å². The summed E-state index contributed by atoms with van der Waals surface area (Å²) < 4.78 is 7.74. The van der Waals surface area contributed by atoms with Crippen molar-refractivity contribution in [1.82, 2.24) is 29.8 Å². The molecule has 0 unspecified atom stereocenters. The molecule has 2 aromatic rings. The molecule has 0 aromatic carbocycles. The van der Waals surface area contributed by atoms with E-state index in [2.05, 4.69) is 36.7 Å². The van der Waals surface area contributed by atoms with Crippen LogP contribution in [0.15, 0.2) is 4.52 Å². The molecule has 0 spiro atoms. The molecule has 2 aliphatic rings. The zero-order chi connectivity index (χ0) is 15.8. The Morgan fingerprint density at radius 3 is 2.78 bits per heavy atom. The van der Waals surface area contributed by atoms with E-state index in [9.17, 15) is 0 Å². The van der Waals surface area contributed by atoms with Crippen molar-refractivity contribution in [2.45, 2.75) is 64.5 Å². The van der Waals surface area contributed by atoms with Gasteiger partial charge in [0.2, 0.25) is 5.89 Å². The van der Waals surface area contributed by atoms with Crippen molar-refractivity contribution >= 4 is 0 Å². The van der Waals surface area contributed by atoms with Crippen LogP contribution in [0.3, 0.4) is 0 Å². The van der Waals surface area contributed by atoms with E-state index >= 15 is 0 Å². The standard InChI is InChI=1S/C16H24N6O/c1-3-13-17-16(23-20-13)11(2)21-9-6-12(7-10-21)15-19-18-14-5-4-8-22(14)15/h11-12H,3-10H2,1-2H3/t11-/m1/s1. The Balaban J connectivity index is 1.40. The van der Waals surface area contributed by atoms with Crippen LogP contribution in [0, 0.1) is 0 Å². The van der Waals surface area contributed by atoms with Crippen LogP contribution < -0.4 is 0 Å². The Labute approximate surface area is 136 Å². The van der Waals surface area contributed by atoms with Crippen LogP contribution in [0.5, 0.6) is 0 Å². The number of hydrogen-bond acceptors (Lipinski definition) is 6. The molecule has 0 saturated carbocycles. The second kappa shape index (κ2) is 6.03. The Hall–Kier alpha value is -1.76. The van der Waals surface area contributed by atoms with Crippen molar-refractivity contribution in [2.75, 3.05) is 13.1 Å². The predicted molar refractivity (Wildman–Crippen MR) is 84.0 cm³/mol. The van der Waals surface area contributed by atoms with Crippen molar-refractivity contribution in [3.05, 3.63) is 23.4 Å². The number of aryl methyl sites for hydroxylation is 2. The Morgan fingerprint density at radius 2 is 2.04 bits per heavy atom. The highest BCUT2D eigenvalue weighted by atomic mass is 16.5. The fraction of sp³-hybridized carbons (Fsp3) is 0.750. The van der Waals surface area contributed by atoms with Gasteiger partial charge >= 0.3 is 0 Å². The van der Waals surface area contributed by atoms with Crippen molar-refractivity contribution in [2.24, 2.45) is 0 Å². The van der Waals surface area contributed by atoms with E-state index in [0.29, 0.717) is 5.92 Å². The smallest absolute Gasteiger partial charge is 0.243 e. The monoisotopic (exact) mass is 316 g/mol. The molecule has 1 saturated heterocycles. The van der Waals surface area contributed by atoms with Crippen LogP contribution in [0.4, 0.5) is 0 Å². The fourth-order valence-corrected chi connectivity index (χ4v) is 3.76. The summed E-state index contributed by atoms with van der Waals surface area (Å²) in [7, 11) is 0. The Morgan fingerprint density at radius 1 is 1.22 bits per heavy atom. The van der Waals surface area contributed by atoms with Crippen LogP contribution in [-0.4, -0.2) is 42.9 Å². The summed E-state index contributed by atoms with van der Waals surface area (Å²) >= 11 is 0. The molecule has 7 nitrogen and oxygen atoms in total. The molecule has 4 heterocycles. The van der Waals surface area contributed by atoms with Gasteiger partial charge in [0.1, 0.15) is 11.6 Å². The third kappa shape index (κ3) is 2.67. The molecular weight excluding hydrogens is 292 g/mol. The average molecular weight is 316 g/mol. The zero-order valence-corrected chi connectivity index (χ0v) is 13.9. The predicted octanol–water partition coefficient (Wildman–Crippen LogP) is 2.11. The van der Waals surface area contributed by atoms with E-state index in [1.807, 2.05) is 6.92 Å². The van der Waals surface area contributed by atoms with Gasteiger partial charge in [0.15, 0.2) is 5.82 Å². The number of fused-ring (bicyclic) bond motifs is 1. The second-order valence-electron chi connectivity index (χ2n) is 6.62. The lowest BCUT2D eigenvalue weighted by molar-refractivity contribution is 0.134. The zero-order valence-electron chi connectivity index (χ0n) is 13.9. The van der Waals surface area contributed by atoms with Gasteiger partial charge in [0, 0.05) is 25.3 Å². The largest absolute Gasteiger partial charge is 0.338 e. The molecule has 0 bridgehead atoms. The number of likely N-dealkylation sites (tertiary alicyclic amines) is 1. The highest BCUT2D eigenvalue weighted by molar-refractivity contribution is 5.07. The quantitative estimate of drug-likeness (QED) is 0.860. The number of hydrogen-bond donors (Lipinski definition) is 0. The van der Waals surface area contributed by atoms with E-state index in [0.717, 1.165) is 57.0 Å². The van der Waals surface area contributed by atoms with Crippen LogP contribution in [0.25, 0.3) is 0 Å². The Kier molecular flexibility index (Phi) is 3.88. The fourth-order valence-electron chi connectivity index (χ4n) is 3.76. The molecule has 124 valence electrons. The molecule has 0 radical (unpaired) electrons. The summed E-state index contributed by atoms with van der Waals surface area (Å²) in [5.74, 6) is 4.45. The topological polar surface area (TPSA) is 72.9 Å². The minimum Gasteiger partial charge on any atom is -0.338 e. The van der Waals surface area contributed by atoms with Gasteiger partial charge in [-0.15, -0.1) is 10.2 Å². The maximum absolute atomic E-state index is 5.40. The van der Waals surface area contributed by atoms with E-state index in [1.165, 1.54) is 18.1 Å². The molecule has 2 aromatic heterocycles. The van der Waals surface area contributed by atoms with Crippen molar-refractivity contribution < 1.29 is 4.52 Å². The molecule has 23 heavy (non-hydrogen) atoms. The van der Waals surface area contributed by atoms with Gasteiger partial charge in [0.25, 0.3) is 0 Å². The summed E-state index contributed by atoms with van der Waals surface area (Å²) in [6.07, 6.45) is 5.36. The number of piperidine rings is 1.